The molecule has 1 aliphatic rings. The molecule has 0 bridgehead atoms. The Balaban J connectivity index is 0.000000361. The standard InChI is InChI=1S/C25H26O7.C24H26O5.C23H30O5.CO2.3CH2O/c1-4-28-20-9-6-18(7-10-20)24(32-27)19-8-15-23(17(3)16-19)30-21-11-13-22(14-12-21)31-25(26)29-5-2;1-4-26-20-9-6-18(7-10-20)24(29-25)19-8-15-23(17(3)16-19)28-22-13-11-21(12-14-22)27-5-2;1-3-25-19-9-5-17(6-10-19)23(28-24)18-7-11-21(12-8-18)27-22-15-13-20(14-16-22)26-4-2;2-1-3;3*1-2/h6-16,24,27H,4-5H2,1-3H3;6-16,24-25H,4-5H2,1-3H3;5-6,9-10,13-16,18,21,23-24H,3-4,7-8,11-12H2,1-2H3;;3*1H2. The maximum absolute atomic E-state index is 11.4. The summed E-state index contributed by atoms with van der Waals surface area (Å²) in [6.07, 6.45) is 1.91. The number of carbonyl (C=O) groups is 4. The fourth-order valence-electron chi connectivity index (χ4n) is 10.0. The van der Waals surface area contributed by atoms with Crippen LogP contribution in [0.1, 0.15) is 124 Å². The van der Waals surface area contributed by atoms with E-state index in [-0.39, 0.29) is 30.9 Å². The van der Waals surface area contributed by atoms with Gasteiger partial charge in [-0.3, -0.25) is 15.8 Å². The molecule has 8 aromatic carbocycles. The van der Waals surface area contributed by atoms with Crippen molar-refractivity contribution in [1.29, 1.82) is 0 Å². The maximum Gasteiger partial charge on any atom is 0.513 e. The van der Waals surface area contributed by atoms with E-state index in [0.29, 0.717) is 50.3 Å². The van der Waals surface area contributed by atoms with Gasteiger partial charge in [0, 0.05) is 0 Å². The number of rotatable bonds is 27. The van der Waals surface area contributed by atoms with Crippen LogP contribution in [0.4, 0.5) is 4.79 Å². The molecule has 0 aromatic heterocycles. The van der Waals surface area contributed by atoms with E-state index in [1.54, 1.807) is 31.2 Å². The summed E-state index contributed by atoms with van der Waals surface area (Å²) in [6.45, 7) is 24.7. The molecule has 1 saturated carbocycles. The van der Waals surface area contributed by atoms with Gasteiger partial charge in [0.1, 0.15) is 102 Å². The zero-order valence-electron chi connectivity index (χ0n) is 56.5. The molecule has 0 aliphatic heterocycles. The quantitative estimate of drug-likeness (QED) is 0.0187. The summed E-state index contributed by atoms with van der Waals surface area (Å²) in [6, 6.07) is 55.8. The Labute approximate surface area is 572 Å². The molecule has 9 rings (SSSR count). The zero-order valence-corrected chi connectivity index (χ0v) is 56.5. The first-order valence-corrected chi connectivity index (χ1v) is 31.4. The van der Waals surface area contributed by atoms with Gasteiger partial charge in [0.05, 0.1) is 45.7 Å². The Hall–Kier alpha value is -10.4. The Morgan fingerprint density at radius 2 is 0.694 bits per heavy atom. The van der Waals surface area contributed by atoms with Crippen LogP contribution in [0.25, 0.3) is 0 Å². The van der Waals surface area contributed by atoms with Gasteiger partial charge in [0.25, 0.3) is 0 Å². The summed E-state index contributed by atoms with van der Waals surface area (Å²) in [5.41, 5.74) is 6.00. The topological polar surface area (TPSA) is 283 Å². The summed E-state index contributed by atoms with van der Waals surface area (Å²) in [5.74, 6) is 8.23. The Kier molecular flexibility index (Phi) is 39.6. The van der Waals surface area contributed by atoms with E-state index in [2.05, 4.69) is 0 Å². The van der Waals surface area contributed by atoms with Crippen molar-refractivity contribution in [2.75, 3.05) is 39.6 Å². The molecule has 22 nitrogen and oxygen atoms in total. The van der Waals surface area contributed by atoms with Gasteiger partial charge in [-0.1, -0.05) is 48.5 Å². The van der Waals surface area contributed by atoms with Gasteiger partial charge in [-0.2, -0.15) is 9.59 Å². The van der Waals surface area contributed by atoms with Crippen LogP contribution in [0.15, 0.2) is 182 Å². The molecular formula is C76H88O22. The van der Waals surface area contributed by atoms with Crippen molar-refractivity contribution in [3.63, 3.8) is 0 Å². The molecule has 1 fully saturated rings. The maximum atomic E-state index is 11.4. The normalized spacial score (nSPS) is 13.3. The summed E-state index contributed by atoms with van der Waals surface area (Å²) >= 11 is 0. The molecule has 3 atom stereocenters. The number of benzene rings is 8. The first kappa shape index (κ1) is 81.8. The average molecular weight is 1350 g/mol. The van der Waals surface area contributed by atoms with Crippen LogP contribution in [0.2, 0.25) is 0 Å². The molecule has 3 unspecified atom stereocenters. The van der Waals surface area contributed by atoms with Crippen molar-refractivity contribution in [1.82, 2.24) is 0 Å². The predicted octanol–water partition coefficient (Wildman–Crippen LogP) is 17.0. The van der Waals surface area contributed by atoms with E-state index >= 15 is 0 Å². The van der Waals surface area contributed by atoms with Crippen molar-refractivity contribution in [3.8, 4) is 63.2 Å². The number of hydrogen-bond acceptors (Lipinski definition) is 22. The number of ether oxygens (including phenoxy) is 10. The van der Waals surface area contributed by atoms with Crippen molar-refractivity contribution in [3.05, 3.63) is 221 Å². The highest BCUT2D eigenvalue weighted by Gasteiger charge is 2.31. The largest absolute Gasteiger partial charge is 0.513 e. The molecule has 0 radical (unpaired) electrons. The predicted molar refractivity (Wildman–Crippen MR) is 365 cm³/mol. The third-order valence-corrected chi connectivity index (χ3v) is 14.3. The van der Waals surface area contributed by atoms with Crippen molar-refractivity contribution in [2.45, 2.75) is 105 Å². The molecule has 524 valence electrons. The van der Waals surface area contributed by atoms with E-state index in [0.717, 1.165) is 111 Å². The number of carbonyl (C=O) groups excluding carboxylic acids is 6. The van der Waals surface area contributed by atoms with Crippen LogP contribution in [-0.4, -0.2) is 94.2 Å². The zero-order chi connectivity index (χ0) is 72.0. The minimum Gasteiger partial charge on any atom is -0.494 e. The summed E-state index contributed by atoms with van der Waals surface area (Å²) in [7, 11) is 0. The lowest BCUT2D eigenvalue weighted by Crippen LogP contribution is -2.27. The second kappa shape index (κ2) is 47.5. The van der Waals surface area contributed by atoms with Crippen molar-refractivity contribution < 1.29 is 107 Å². The van der Waals surface area contributed by atoms with Crippen LogP contribution in [0, 0.1) is 19.8 Å². The molecule has 0 spiro atoms. The lowest BCUT2D eigenvalue weighted by molar-refractivity contribution is -0.296. The fourth-order valence-corrected chi connectivity index (χ4v) is 10.0. The third kappa shape index (κ3) is 27.4. The van der Waals surface area contributed by atoms with E-state index in [9.17, 15) is 20.6 Å². The second-order valence-electron chi connectivity index (χ2n) is 20.6. The molecule has 0 saturated heterocycles. The third-order valence-electron chi connectivity index (χ3n) is 14.3. The minimum atomic E-state index is -0.749. The van der Waals surface area contributed by atoms with Crippen LogP contribution in [-0.2, 0) is 43.4 Å². The minimum absolute atomic E-state index is 0.189. The average Bonchev–Trinajstić information content (AvgIpc) is 0.846. The lowest BCUT2D eigenvalue weighted by Gasteiger charge is -2.32. The fraction of sp³-hybridized carbons (Fsp3) is 0.303. The van der Waals surface area contributed by atoms with Gasteiger partial charge >= 0.3 is 12.3 Å². The summed E-state index contributed by atoms with van der Waals surface area (Å²) in [5, 5.41) is 28.5. The highest BCUT2D eigenvalue weighted by atomic mass is 17.1. The molecule has 0 heterocycles. The first-order chi connectivity index (χ1) is 47.8. The highest BCUT2D eigenvalue weighted by Crippen LogP contribution is 2.39. The van der Waals surface area contributed by atoms with Gasteiger partial charge in [-0.15, -0.1) is 0 Å². The molecule has 22 heteroatoms. The summed E-state index contributed by atoms with van der Waals surface area (Å²) in [4.78, 5) is 66.0. The van der Waals surface area contributed by atoms with Gasteiger partial charge in [0.15, 0.2) is 0 Å². The number of aryl methyl sites for hydroxylation is 2. The van der Waals surface area contributed by atoms with Gasteiger partial charge in [0.2, 0.25) is 0 Å². The van der Waals surface area contributed by atoms with E-state index in [1.807, 2.05) is 227 Å². The molecular weight excluding hydrogens is 1260 g/mol. The molecule has 1 aliphatic carbocycles. The molecule has 3 N–H and O–H groups in total. The number of hydrogen-bond donors (Lipinski definition) is 3. The molecule has 8 aromatic rings. The Bertz CT molecular complexity index is 3480. The van der Waals surface area contributed by atoms with Gasteiger partial charge in [-0.25, -0.2) is 19.5 Å². The Morgan fingerprint density at radius 1 is 0.398 bits per heavy atom. The highest BCUT2D eigenvalue weighted by molar-refractivity contribution is 5.64. The molecule has 0 amide bonds. The monoisotopic (exact) mass is 1350 g/mol. The molecule has 98 heavy (non-hydrogen) atoms. The van der Waals surface area contributed by atoms with E-state index in [1.165, 1.54) is 0 Å². The second-order valence-corrected chi connectivity index (χ2v) is 20.6. The van der Waals surface area contributed by atoms with Crippen LogP contribution in [0.3, 0.4) is 0 Å². The van der Waals surface area contributed by atoms with Crippen molar-refractivity contribution >= 4 is 32.7 Å². The van der Waals surface area contributed by atoms with Gasteiger partial charge < -0.3 is 61.8 Å². The van der Waals surface area contributed by atoms with E-state index < -0.39 is 18.4 Å². The van der Waals surface area contributed by atoms with Crippen molar-refractivity contribution in [2.24, 2.45) is 5.92 Å². The first-order valence-electron chi connectivity index (χ1n) is 31.4. The lowest BCUT2D eigenvalue weighted by atomic mass is 9.81. The SMILES string of the molecule is C=O.C=O.C=O.CCOC(=O)Oc1ccc(Oc2ccc(C(OO)c3ccc(OCC)cc3)cc2C)cc1.CCOc1ccc(OC2CCC(C(OO)c3ccc(OCC)cc3)CC2)cc1.CCOc1ccc(Oc2ccc(C(OO)c3ccc(OCC)cc3)cc2C)cc1.O=C=O. The van der Waals surface area contributed by atoms with Crippen LogP contribution < -0.4 is 42.6 Å². The van der Waals surface area contributed by atoms with Gasteiger partial charge in [-0.05, 0) is 259 Å². The van der Waals surface area contributed by atoms with E-state index in [4.69, 9.17) is 86.0 Å². The summed E-state index contributed by atoms with van der Waals surface area (Å²) < 4.78 is 55.2. The smallest absolute Gasteiger partial charge is 0.494 e. The van der Waals surface area contributed by atoms with Crippen LogP contribution in [0.5, 0.6) is 63.2 Å². The van der Waals surface area contributed by atoms with Crippen LogP contribution >= 0.6 is 0 Å². The Morgan fingerprint density at radius 3 is 1.00 bits per heavy atom.